The lowest BCUT2D eigenvalue weighted by Gasteiger charge is -2.23. The first-order valence-corrected chi connectivity index (χ1v) is 12.5. The van der Waals surface area contributed by atoms with Gasteiger partial charge >= 0.3 is 6.16 Å². The van der Waals surface area contributed by atoms with Crippen LogP contribution in [0.5, 0.6) is 5.75 Å². The molecule has 0 aliphatic carbocycles. The fraction of sp³-hybridized carbons (Fsp3) is 0.0417. The third kappa shape index (κ3) is 5.44. The Morgan fingerprint density at radius 2 is 1.33 bits per heavy atom. The van der Waals surface area contributed by atoms with E-state index in [1.165, 1.54) is 14.7 Å². The van der Waals surface area contributed by atoms with Gasteiger partial charge in [-0.2, -0.15) is 10.9 Å². The van der Waals surface area contributed by atoms with Crippen LogP contribution in [-0.2, 0) is 11.3 Å². The molecule has 0 aliphatic heterocycles. The number of rotatable bonds is 6. The number of halogens is 1. The van der Waals surface area contributed by atoms with Crippen LogP contribution in [0.4, 0.5) is 4.79 Å². The lowest BCUT2D eigenvalue weighted by atomic mass is 10.3. The molecule has 0 amide bonds. The van der Waals surface area contributed by atoms with Crippen molar-refractivity contribution in [3.8, 4) is 5.75 Å². The van der Waals surface area contributed by atoms with E-state index in [0.717, 1.165) is 7.76 Å². The molecule has 1 aromatic heterocycles. The first-order chi connectivity index (χ1) is 14.7. The van der Waals surface area contributed by atoms with Crippen LogP contribution in [0.1, 0.15) is 4.88 Å². The van der Waals surface area contributed by atoms with Gasteiger partial charge in [-0.3, -0.25) is 0 Å². The minimum absolute atomic E-state index is 0.220. The molecule has 0 spiro atoms. The molecule has 30 heavy (non-hydrogen) atoms. The molecule has 3 aromatic carbocycles. The second kappa shape index (κ2) is 10.1. The summed E-state index contributed by atoms with van der Waals surface area (Å²) in [5.41, 5.74) is 0. The Balaban J connectivity index is 1.47. The van der Waals surface area contributed by atoms with Gasteiger partial charge in [0, 0.05) is 4.88 Å². The van der Waals surface area contributed by atoms with E-state index in [0.29, 0.717) is 5.75 Å². The van der Waals surface area contributed by atoms with Crippen molar-refractivity contribution in [2.75, 3.05) is 0 Å². The molecule has 0 saturated carbocycles. The highest BCUT2D eigenvalue weighted by molar-refractivity contribution is 14.1. The molecule has 0 radical (unpaired) electrons. The highest BCUT2D eigenvalue weighted by Crippen LogP contribution is 2.51. The van der Waals surface area contributed by atoms with Crippen molar-refractivity contribution in [1.82, 2.24) is 0 Å². The van der Waals surface area contributed by atoms with Gasteiger partial charge in [-0.15, -0.1) is 11.3 Å². The summed E-state index contributed by atoms with van der Waals surface area (Å²) in [6.07, 6.45) is -0.695. The summed E-state index contributed by atoms with van der Waals surface area (Å²) in [5, 5.41) is 0. The Morgan fingerprint density at radius 3 is 1.87 bits per heavy atom. The van der Waals surface area contributed by atoms with E-state index in [2.05, 4.69) is 71.1 Å². The van der Waals surface area contributed by atoms with Gasteiger partial charge in [-0.25, -0.2) is 4.79 Å². The predicted molar refractivity (Wildman–Crippen MR) is 131 cm³/mol. The van der Waals surface area contributed by atoms with Crippen LogP contribution < -0.4 is 4.74 Å². The SMILES string of the molecule is O=C(OCc1ccc(I)s1)Oc1ccc([SH](c2ccccc2)c2ccccc2)cc1. The number of thiol groups is 1. The molecule has 6 heteroatoms. The molecular weight excluding hydrogens is 527 g/mol. The molecule has 0 atom stereocenters. The van der Waals surface area contributed by atoms with E-state index < -0.39 is 17.1 Å². The third-order valence-corrected chi connectivity index (χ3v) is 8.60. The Kier molecular flexibility index (Phi) is 7.09. The van der Waals surface area contributed by atoms with Crippen LogP contribution in [0.15, 0.2) is 112 Å². The van der Waals surface area contributed by atoms with Crippen LogP contribution in [-0.4, -0.2) is 6.16 Å². The summed E-state index contributed by atoms with van der Waals surface area (Å²) in [7, 11) is -0.684. The average Bonchev–Trinajstić information content (AvgIpc) is 3.20. The molecule has 3 nitrogen and oxygen atoms in total. The highest BCUT2D eigenvalue weighted by Gasteiger charge is 2.13. The van der Waals surface area contributed by atoms with E-state index in [-0.39, 0.29) is 6.61 Å². The number of carbonyl (C=O) groups is 1. The number of hydrogen-bond donors (Lipinski definition) is 1. The molecule has 0 fully saturated rings. The molecule has 0 saturated heterocycles. The molecule has 4 aromatic rings. The maximum Gasteiger partial charge on any atom is 0.514 e. The Hall–Kier alpha value is -2.29. The van der Waals surface area contributed by atoms with Crippen molar-refractivity contribution in [3.63, 3.8) is 0 Å². The smallest absolute Gasteiger partial charge is 0.428 e. The van der Waals surface area contributed by atoms with Gasteiger partial charge in [0.2, 0.25) is 0 Å². The summed E-state index contributed by atoms with van der Waals surface area (Å²) < 4.78 is 11.7. The number of carbonyl (C=O) groups excluding carboxylic acids is 1. The van der Waals surface area contributed by atoms with Crippen LogP contribution in [0.3, 0.4) is 0 Å². The maximum absolute atomic E-state index is 12.0. The number of thiophene rings is 1. The summed E-state index contributed by atoms with van der Waals surface area (Å²) in [5.74, 6) is 0.473. The van der Waals surface area contributed by atoms with E-state index in [9.17, 15) is 4.79 Å². The first-order valence-electron chi connectivity index (χ1n) is 9.28. The lowest BCUT2D eigenvalue weighted by Crippen LogP contribution is -2.09. The van der Waals surface area contributed by atoms with Gasteiger partial charge in [0.05, 0.1) is 2.88 Å². The summed E-state index contributed by atoms with van der Waals surface area (Å²) in [6.45, 7) is 0.220. The minimum atomic E-state index is -0.695. The van der Waals surface area contributed by atoms with Gasteiger partial charge in [0.15, 0.2) is 0 Å². The van der Waals surface area contributed by atoms with Crippen LogP contribution >= 0.6 is 44.8 Å². The zero-order valence-electron chi connectivity index (χ0n) is 15.9. The molecule has 0 bridgehead atoms. The minimum Gasteiger partial charge on any atom is -0.428 e. The van der Waals surface area contributed by atoms with Gasteiger partial charge in [-0.05, 0) is 97.9 Å². The van der Waals surface area contributed by atoms with E-state index in [4.69, 9.17) is 9.47 Å². The fourth-order valence-electron chi connectivity index (χ4n) is 2.95. The predicted octanol–water partition coefficient (Wildman–Crippen LogP) is 7.55. The van der Waals surface area contributed by atoms with Crippen LogP contribution in [0.2, 0.25) is 0 Å². The van der Waals surface area contributed by atoms with E-state index in [1.54, 1.807) is 11.3 Å². The van der Waals surface area contributed by atoms with Crippen molar-refractivity contribution in [1.29, 1.82) is 0 Å². The molecule has 1 heterocycles. The standard InChI is InChI=1S/C24H19IO3S2/c25-23-16-13-19(29-23)17-27-24(26)28-18-11-14-22(15-12-18)30(20-7-3-1-4-8-20)21-9-5-2-6-10-21/h1-16,30H,17H2. The molecule has 0 N–H and O–H groups in total. The van der Waals surface area contributed by atoms with E-state index >= 15 is 0 Å². The molecule has 0 unspecified atom stereocenters. The summed E-state index contributed by atoms with van der Waals surface area (Å²) in [4.78, 5) is 16.7. The maximum atomic E-state index is 12.0. The molecule has 152 valence electrons. The van der Waals surface area contributed by atoms with Crippen molar-refractivity contribution in [2.45, 2.75) is 21.3 Å². The average molecular weight is 546 g/mol. The fourth-order valence-corrected chi connectivity index (χ4v) is 6.90. The molecule has 0 aliphatic rings. The Bertz CT molecular complexity index is 1060. The Labute approximate surface area is 196 Å². The van der Waals surface area contributed by atoms with Crippen LogP contribution in [0, 0.1) is 2.88 Å². The largest absolute Gasteiger partial charge is 0.514 e. The number of ether oxygens (including phenoxy) is 2. The zero-order valence-corrected chi connectivity index (χ0v) is 19.8. The quantitative estimate of drug-likeness (QED) is 0.117. The van der Waals surface area contributed by atoms with Gasteiger partial charge < -0.3 is 9.47 Å². The Morgan fingerprint density at radius 1 is 0.767 bits per heavy atom. The highest BCUT2D eigenvalue weighted by atomic mass is 127. The van der Waals surface area contributed by atoms with Gasteiger partial charge in [0.25, 0.3) is 0 Å². The van der Waals surface area contributed by atoms with E-state index in [1.807, 2.05) is 48.5 Å². The van der Waals surface area contributed by atoms with Crippen molar-refractivity contribution >= 4 is 51.0 Å². The van der Waals surface area contributed by atoms with Crippen molar-refractivity contribution < 1.29 is 14.3 Å². The second-order valence-electron chi connectivity index (χ2n) is 6.35. The monoisotopic (exact) mass is 546 g/mol. The molecule has 4 rings (SSSR count). The summed E-state index contributed by atoms with van der Waals surface area (Å²) >= 11 is 3.83. The number of hydrogen-bond acceptors (Lipinski definition) is 4. The van der Waals surface area contributed by atoms with Gasteiger partial charge in [0.1, 0.15) is 12.4 Å². The second-order valence-corrected chi connectivity index (χ2v) is 11.6. The normalized spacial score (nSPS) is 11.0. The topological polar surface area (TPSA) is 35.5 Å². The third-order valence-electron chi connectivity index (χ3n) is 4.29. The van der Waals surface area contributed by atoms with Crippen molar-refractivity contribution in [3.05, 3.63) is 105 Å². The lowest BCUT2D eigenvalue weighted by molar-refractivity contribution is 0.0936. The van der Waals surface area contributed by atoms with Crippen molar-refractivity contribution in [2.24, 2.45) is 0 Å². The zero-order chi connectivity index (χ0) is 20.8. The van der Waals surface area contributed by atoms with Crippen LogP contribution in [0.25, 0.3) is 0 Å². The summed E-state index contributed by atoms with van der Waals surface area (Å²) in [6, 6.07) is 32.6. The number of benzene rings is 3. The first kappa shape index (κ1) is 21.0. The van der Waals surface area contributed by atoms with Gasteiger partial charge in [-0.1, -0.05) is 36.4 Å². The molecular formula is C24H19IO3S2.